The van der Waals surface area contributed by atoms with Crippen LogP contribution in [0.4, 0.5) is 0 Å². The van der Waals surface area contributed by atoms with Gasteiger partial charge in [0.05, 0.1) is 31.2 Å². The molecule has 3 rings (SSSR count). The maximum absolute atomic E-state index is 12.6. The third-order valence-electron chi connectivity index (χ3n) is 5.09. The van der Waals surface area contributed by atoms with Crippen molar-refractivity contribution >= 4 is 5.97 Å². The summed E-state index contributed by atoms with van der Waals surface area (Å²) in [5.41, 5.74) is 1.74. The van der Waals surface area contributed by atoms with Crippen molar-refractivity contribution in [2.75, 3.05) is 19.8 Å². The fourth-order valence-electron chi connectivity index (χ4n) is 3.89. The minimum Gasteiger partial charge on any atom is -0.466 e. The van der Waals surface area contributed by atoms with Crippen LogP contribution in [0.25, 0.3) is 0 Å². The number of aromatic nitrogens is 1. The Morgan fingerprint density at radius 2 is 2.15 bits per heavy atom. The molecule has 1 aromatic heterocycles. The second-order valence-electron chi connectivity index (χ2n) is 6.55. The highest BCUT2D eigenvalue weighted by Crippen LogP contribution is 2.42. The molecule has 2 aromatic rings. The Morgan fingerprint density at radius 3 is 2.74 bits per heavy atom. The van der Waals surface area contributed by atoms with Crippen LogP contribution in [0.1, 0.15) is 30.0 Å². The molecule has 6 nitrogen and oxygen atoms in total. The Balaban J connectivity index is 2.00. The molecule has 140 valence electrons. The predicted molar refractivity (Wildman–Crippen MR) is 99.5 cm³/mol. The molecule has 2 heterocycles. The summed E-state index contributed by atoms with van der Waals surface area (Å²) in [4.78, 5) is 18.7. The van der Waals surface area contributed by atoms with Crippen molar-refractivity contribution in [2.24, 2.45) is 5.92 Å². The highest BCUT2D eigenvalue weighted by molar-refractivity contribution is 5.75. The monoisotopic (exact) mass is 365 g/mol. The Labute approximate surface area is 159 Å². The summed E-state index contributed by atoms with van der Waals surface area (Å²) in [5, 5.41) is 20.0. The zero-order valence-corrected chi connectivity index (χ0v) is 15.2. The van der Waals surface area contributed by atoms with Crippen LogP contribution in [0, 0.1) is 17.2 Å². The fourth-order valence-corrected chi connectivity index (χ4v) is 3.89. The van der Waals surface area contributed by atoms with Gasteiger partial charge in [-0.2, -0.15) is 5.26 Å². The number of likely N-dealkylation sites (tertiary alicyclic amines) is 1. The van der Waals surface area contributed by atoms with E-state index in [9.17, 15) is 15.2 Å². The first-order valence-corrected chi connectivity index (χ1v) is 9.09. The highest BCUT2D eigenvalue weighted by atomic mass is 16.5. The van der Waals surface area contributed by atoms with Crippen LogP contribution in [-0.2, 0) is 9.53 Å². The number of hydrogen-bond acceptors (Lipinski definition) is 6. The molecule has 0 saturated carbocycles. The van der Waals surface area contributed by atoms with Crippen LogP contribution >= 0.6 is 0 Å². The van der Waals surface area contributed by atoms with Gasteiger partial charge in [-0.15, -0.1) is 0 Å². The van der Waals surface area contributed by atoms with Crippen molar-refractivity contribution < 1.29 is 14.6 Å². The third-order valence-corrected chi connectivity index (χ3v) is 5.09. The first kappa shape index (κ1) is 19.0. The zero-order valence-electron chi connectivity index (χ0n) is 15.2. The summed E-state index contributed by atoms with van der Waals surface area (Å²) in [5.74, 6) is -1.17. The zero-order chi connectivity index (χ0) is 19.2. The third kappa shape index (κ3) is 3.85. The Bertz CT molecular complexity index is 791. The molecular formula is C21H23N3O3. The second kappa shape index (κ2) is 8.76. The number of aliphatic hydroxyl groups is 1. The molecule has 27 heavy (non-hydrogen) atoms. The molecule has 0 bridgehead atoms. The number of hydrogen-bond donors (Lipinski definition) is 1. The minimum absolute atomic E-state index is 0.141. The number of aliphatic hydroxyl groups excluding tert-OH is 1. The molecule has 0 aliphatic carbocycles. The lowest BCUT2D eigenvalue weighted by Gasteiger charge is -2.30. The van der Waals surface area contributed by atoms with Crippen LogP contribution in [0.2, 0.25) is 0 Å². The van der Waals surface area contributed by atoms with Gasteiger partial charge >= 0.3 is 5.97 Å². The van der Waals surface area contributed by atoms with E-state index in [1.807, 2.05) is 41.3 Å². The largest absolute Gasteiger partial charge is 0.466 e. The van der Waals surface area contributed by atoms with E-state index in [4.69, 9.17) is 4.74 Å². The standard InChI is InChI=1S/C21H23N3O3/c1-2-27-21(26)17-13-24(19(14-25)15-7-4-3-5-8-15)18(11-22)20(17)16-9-6-10-23-12-16/h3-10,12,17-20,25H,2,13-14H2,1H3/t17-,18-,19-,20+/m0/s1. The number of nitriles is 1. The van der Waals surface area contributed by atoms with E-state index in [2.05, 4.69) is 11.1 Å². The van der Waals surface area contributed by atoms with E-state index in [0.29, 0.717) is 6.54 Å². The average Bonchev–Trinajstić information content (AvgIpc) is 3.10. The van der Waals surface area contributed by atoms with Crippen LogP contribution in [-0.4, -0.2) is 46.8 Å². The molecule has 0 amide bonds. The van der Waals surface area contributed by atoms with Crippen molar-refractivity contribution in [1.29, 1.82) is 5.26 Å². The van der Waals surface area contributed by atoms with Gasteiger partial charge < -0.3 is 9.84 Å². The van der Waals surface area contributed by atoms with Crippen LogP contribution < -0.4 is 0 Å². The van der Waals surface area contributed by atoms with Crippen molar-refractivity contribution in [2.45, 2.75) is 24.9 Å². The molecule has 0 unspecified atom stereocenters. The van der Waals surface area contributed by atoms with Gasteiger partial charge in [-0.3, -0.25) is 14.7 Å². The molecule has 4 atom stereocenters. The van der Waals surface area contributed by atoms with Gasteiger partial charge in [-0.25, -0.2) is 0 Å². The number of esters is 1. The SMILES string of the molecule is CCOC(=O)[C@H]1CN([C@@H](CO)c2ccccc2)[C@@H](C#N)[C@@H]1c1cccnc1. The maximum atomic E-state index is 12.6. The molecule has 1 N–H and O–H groups in total. The Morgan fingerprint density at radius 1 is 1.37 bits per heavy atom. The van der Waals surface area contributed by atoms with Crippen molar-refractivity contribution in [3.8, 4) is 6.07 Å². The number of benzene rings is 1. The topological polar surface area (TPSA) is 86.5 Å². The summed E-state index contributed by atoms with van der Waals surface area (Å²) < 4.78 is 5.28. The number of carbonyl (C=O) groups is 1. The Kier molecular flexibility index (Phi) is 6.17. The van der Waals surface area contributed by atoms with Crippen molar-refractivity contribution in [3.63, 3.8) is 0 Å². The van der Waals surface area contributed by atoms with Gasteiger partial charge in [-0.1, -0.05) is 36.4 Å². The molecule has 1 saturated heterocycles. The smallest absolute Gasteiger partial charge is 0.310 e. The second-order valence-corrected chi connectivity index (χ2v) is 6.55. The summed E-state index contributed by atoms with van der Waals surface area (Å²) in [6.07, 6.45) is 3.36. The number of pyridine rings is 1. The molecular weight excluding hydrogens is 342 g/mol. The molecule has 1 aliphatic heterocycles. The van der Waals surface area contributed by atoms with E-state index in [-0.39, 0.29) is 31.1 Å². The fraction of sp³-hybridized carbons (Fsp3) is 0.381. The lowest BCUT2D eigenvalue weighted by atomic mass is 9.85. The van der Waals surface area contributed by atoms with Crippen molar-refractivity contribution in [3.05, 3.63) is 66.0 Å². The van der Waals surface area contributed by atoms with E-state index in [1.165, 1.54) is 0 Å². The molecule has 0 spiro atoms. The predicted octanol–water partition coefficient (Wildman–Crippen LogP) is 2.29. The van der Waals surface area contributed by atoms with Gasteiger partial charge in [-0.05, 0) is 24.1 Å². The van der Waals surface area contributed by atoms with Crippen LogP contribution in [0.3, 0.4) is 0 Å². The maximum Gasteiger partial charge on any atom is 0.310 e. The molecule has 1 aromatic carbocycles. The summed E-state index contributed by atoms with van der Waals surface area (Å²) in [7, 11) is 0. The number of nitrogens with zero attached hydrogens (tertiary/aromatic N) is 3. The molecule has 6 heteroatoms. The van der Waals surface area contributed by atoms with Gasteiger partial charge in [0.1, 0.15) is 6.04 Å². The number of carbonyl (C=O) groups excluding carboxylic acids is 1. The lowest BCUT2D eigenvalue weighted by Crippen LogP contribution is -2.36. The normalized spacial score (nSPS) is 23.5. The van der Waals surface area contributed by atoms with Crippen LogP contribution in [0.5, 0.6) is 0 Å². The minimum atomic E-state index is -0.569. The number of rotatable bonds is 6. The molecule has 1 aliphatic rings. The lowest BCUT2D eigenvalue weighted by molar-refractivity contribution is -0.148. The first-order valence-electron chi connectivity index (χ1n) is 9.09. The van der Waals surface area contributed by atoms with E-state index in [0.717, 1.165) is 11.1 Å². The van der Waals surface area contributed by atoms with Gasteiger partial charge in [0, 0.05) is 24.9 Å². The number of ether oxygens (including phenoxy) is 1. The van der Waals surface area contributed by atoms with E-state index < -0.39 is 12.0 Å². The summed E-state index contributed by atoms with van der Waals surface area (Å²) >= 11 is 0. The highest BCUT2D eigenvalue weighted by Gasteiger charge is 2.49. The van der Waals surface area contributed by atoms with E-state index in [1.54, 1.807) is 25.4 Å². The summed E-state index contributed by atoms with van der Waals surface area (Å²) in [6, 6.07) is 14.7. The quantitative estimate of drug-likeness (QED) is 0.791. The average molecular weight is 365 g/mol. The van der Waals surface area contributed by atoms with Crippen LogP contribution in [0.15, 0.2) is 54.9 Å². The summed E-state index contributed by atoms with van der Waals surface area (Å²) in [6.45, 7) is 2.26. The van der Waals surface area contributed by atoms with Gasteiger partial charge in [0.25, 0.3) is 0 Å². The molecule has 0 radical (unpaired) electrons. The van der Waals surface area contributed by atoms with Gasteiger partial charge in [0.15, 0.2) is 0 Å². The van der Waals surface area contributed by atoms with Gasteiger partial charge in [0.2, 0.25) is 0 Å². The Hall–Kier alpha value is -2.75. The van der Waals surface area contributed by atoms with E-state index >= 15 is 0 Å². The first-order chi connectivity index (χ1) is 13.2. The van der Waals surface area contributed by atoms with Crippen molar-refractivity contribution in [1.82, 2.24) is 9.88 Å². The molecule has 1 fully saturated rings.